The van der Waals surface area contributed by atoms with Crippen LogP contribution in [0.3, 0.4) is 0 Å². The molecule has 4 aromatic rings. The van der Waals surface area contributed by atoms with Crippen LogP contribution in [0.2, 0.25) is 0 Å². The highest BCUT2D eigenvalue weighted by atomic mass is 16.6. The van der Waals surface area contributed by atoms with Crippen molar-refractivity contribution in [2.45, 2.75) is 26.3 Å². The highest BCUT2D eigenvalue weighted by Crippen LogP contribution is 2.24. The van der Waals surface area contributed by atoms with E-state index in [-0.39, 0.29) is 29.1 Å². The first kappa shape index (κ1) is 20.1. The second-order valence-electron chi connectivity index (χ2n) is 7.15. The molecular weight excluding hydrogens is 396 g/mol. The molecular formula is C22H20N6O3. The van der Waals surface area contributed by atoms with Crippen LogP contribution in [-0.4, -0.2) is 30.4 Å². The van der Waals surface area contributed by atoms with Gasteiger partial charge in [-0.1, -0.05) is 48.9 Å². The summed E-state index contributed by atoms with van der Waals surface area (Å²) in [7, 11) is 0. The number of rotatable bonds is 6. The monoisotopic (exact) mass is 416 g/mol. The quantitative estimate of drug-likeness (QED) is 0.377. The molecule has 0 unspecified atom stereocenters. The van der Waals surface area contributed by atoms with Crippen LogP contribution in [-0.2, 0) is 0 Å². The molecule has 1 amide bonds. The van der Waals surface area contributed by atoms with Gasteiger partial charge in [0.25, 0.3) is 17.4 Å². The fourth-order valence-electron chi connectivity index (χ4n) is 3.35. The van der Waals surface area contributed by atoms with Crippen molar-refractivity contribution in [1.29, 1.82) is 0 Å². The first-order valence-corrected chi connectivity index (χ1v) is 9.79. The Hall–Kier alpha value is -4.14. The van der Waals surface area contributed by atoms with Crippen molar-refractivity contribution < 1.29 is 9.72 Å². The van der Waals surface area contributed by atoms with Gasteiger partial charge in [-0.05, 0) is 25.0 Å². The Bertz CT molecular complexity index is 1270. The van der Waals surface area contributed by atoms with Gasteiger partial charge in [-0.25, -0.2) is 4.98 Å². The Labute approximate surface area is 177 Å². The number of non-ortho nitro benzene ring substituents is 1. The van der Waals surface area contributed by atoms with Crippen molar-refractivity contribution in [3.63, 3.8) is 0 Å². The zero-order chi connectivity index (χ0) is 22.0. The SMILES string of the molecule is CC[C@@H](NC(=O)c1cc(-c2cccc([N+](=O)[O-])c2)nc2ncnn12)c1ccc(C)cc1. The number of hydrogen-bond donors (Lipinski definition) is 1. The third kappa shape index (κ3) is 4.11. The molecule has 31 heavy (non-hydrogen) atoms. The van der Waals surface area contributed by atoms with Crippen molar-refractivity contribution in [2.75, 3.05) is 0 Å². The average Bonchev–Trinajstić information content (AvgIpc) is 3.26. The van der Waals surface area contributed by atoms with E-state index in [1.165, 1.54) is 23.0 Å². The van der Waals surface area contributed by atoms with Crippen LogP contribution in [0.15, 0.2) is 60.9 Å². The van der Waals surface area contributed by atoms with E-state index in [1.807, 2.05) is 38.1 Å². The summed E-state index contributed by atoms with van der Waals surface area (Å²) < 4.78 is 1.36. The van der Waals surface area contributed by atoms with Crippen molar-refractivity contribution in [3.8, 4) is 11.3 Å². The zero-order valence-electron chi connectivity index (χ0n) is 17.0. The zero-order valence-corrected chi connectivity index (χ0v) is 17.0. The first-order valence-electron chi connectivity index (χ1n) is 9.79. The van der Waals surface area contributed by atoms with Crippen LogP contribution in [0.5, 0.6) is 0 Å². The molecule has 0 radical (unpaired) electrons. The lowest BCUT2D eigenvalue weighted by molar-refractivity contribution is -0.384. The molecule has 0 aliphatic heterocycles. The van der Waals surface area contributed by atoms with Crippen molar-refractivity contribution >= 4 is 17.4 Å². The lowest BCUT2D eigenvalue weighted by atomic mass is 10.0. The van der Waals surface area contributed by atoms with E-state index in [0.717, 1.165) is 11.1 Å². The van der Waals surface area contributed by atoms with Crippen LogP contribution < -0.4 is 5.32 Å². The average molecular weight is 416 g/mol. The predicted molar refractivity (Wildman–Crippen MR) is 115 cm³/mol. The van der Waals surface area contributed by atoms with Gasteiger partial charge in [-0.15, -0.1) is 0 Å². The highest BCUT2D eigenvalue weighted by Gasteiger charge is 2.20. The minimum atomic E-state index is -0.472. The molecule has 0 saturated heterocycles. The first-order chi connectivity index (χ1) is 15.0. The minimum absolute atomic E-state index is 0.0583. The molecule has 1 atom stereocenters. The number of nitro groups is 1. The van der Waals surface area contributed by atoms with E-state index in [2.05, 4.69) is 20.4 Å². The van der Waals surface area contributed by atoms with Crippen LogP contribution in [0.1, 0.15) is 41.0 Å². The summed E-state index contributed by atoms with van der Waals surface area (Å²) in [4.78, 5) is 32.4. The van der Waals surface area contributed by atoms with Crippen LogP contribution in [0.25, 0.3) is 17.0 Å². The Morgan fingerprint density at radius 2 is 1.97 bits per heavy atom. The fraction of sp³-hybridized carbons (Fsp3) is 0.182. The van der Waals surface area contributed by atoms with Crippen molar-refractivity contribution in [1.82, 2.24) is 24.9 Å². The lowest BCUT2D eigenvalue weighted by Crippen LogP contribution is -2.30. The third-order valence-corrected chi connectivity index (χ3v) is 5.03. The molecule has 2 heterocycles. The number of aromatic nitrogens is 4. The van der Waals surface area contributed by atoms with Gasteiger partial charge in [0.2, 0.25) is 0 Å². The van der Waals surface area contributed by atoms with Crippen molar-refractivity contribution in [3.05, 3.63) is 87.9 Å². The molecule has 0 fully saturated rings. The molecule has 0 spiro atoms. The second-order valence-corrected chi connectivity index (χ2v) is 7.15. The van der Waals surface area contributed by atoms with Gasteiger partial charge < -0.3 is 5.32 Å². The summed E-state index contributed by atoms with van der Waals surface area (Å²) in [6, 6.07) is 15.5. The summed E-state index contributed by atoms with van der Waals surface area (Å²) in [5.74, 6) is -0.102. The molecule has 156 valence electrons. The maximum atomic E-state index is 13.2. The number of amides is 1. The van der Waals surface area contributed by atoms with Crippen LogP contribution >= 0.6 is 0 Å². The Morgan fingerprint density at radius 3 is 2.68 bits per heavy atom. The molecule has 9 nitrogen and oxygen atoms in total. The molecule has 0 saturated carbocycles. The summed E-state index contributed by atoms with van der Waals surface area (Å²) >= 11 is 0. The summed E-state index contributed by atoms with van der Waals surface area (Å²) in [6.45, 7) is 4.01. The molecule has 9 heteroatoms. The Balaban J connectivity index is 1.72. The van der Waals surface area contributed by atoms with E-state index in [1.54, 1.807) is 18.2 Å². The van der Waals surface area contributed by atoms with Gasteiger partial charge in [-0.3, -0.25) is 14.9 Å². The molecule has 4 rings (SSSR count). The standard InChI is InChI=1S/C22H20N6O3/c1-3-18(15-9-7-14(2)8-10-15)25-21(29)20-12-19(26-22-23-13-24-27(20)22)16-5-4-6-17(11-16)28(30)31/h4-13,18H,3H2,1-2H3,(H,25,29)/t18-/m1/s1. The summed E-state index contributed by atoms with van der Waals surface area (Å²) in [6.07, 6.45) is 2.02. The van der Waals surface area contributed by atoms with E-state index in [9.17, 15) is 14.9 Å². The number of nitrogens with zero attached hydrogens (tertiary/aromatic N) is 5. The number of benzene rings is 2. The summed E-state index contributed by atoms with van der Waals surface area (Å²) in [5.41, 5.74) is 3.25. The number of carbonyl (C=O) groups is 1. The van der Waals surface area contributed by atoms with E-state index < -0.39 is 4.92 Å². The predicted octanol–water partition coefficient (Wildman–Crippen LogP) is 3.89. The second kappa shape index (κ2) is 8.31. The van der Waals surface area contributed by atoms with Crippen LogP contribution in [0.4, 0.5) is 5.69 Å². The molecule has 0 aliphatic carbocycles. The smallest absolute Gasteiger partial charge is 0.270 e. The normalized spacial score (nSPS) is 11.9. The number of hydrogen-bond acceptors (Lipinski definition) is 6. The van der Waals surface area contributed by atoms with Gasteiger partial charge in [-0.2, -0.15) is 14.6 Å². The lowest BCUT2D eigenvalue weighted by Gasteiger charge is -2.18. The Kier molecular flexibility index (Phi) is 5.40. The van der Waals surface area contributed by atoms with Gasteiger partial charge in [0, 0.05) is 17.7 Å². The van der Waals surface area contributed by atoms with Gasteiger partial charge in [0.05, 0.1) is 16.7 Å². The molecule has 2 aromatic carbocycles. The fourth-order valence-corrected chi connectivity index (χ4v) is 3.35. The van der Waals surface area contributed by atoms with Crippen LogP contribution in [0, 0.1) is 17.0 Å². The van der Waals surface area contributed by atoms with Gasteiger partial charge in [0.15, 0.2) is 0 Å². The Morgan fingerprint density at radius 1 is 1.19 bits per heavy atom. The summed E-state index contributed by atoms with van der Waals surface area (Å²) in [5, 5.41) is 18.3. The number of nitrogens with one attached hydrogen (secondary N) is 1. The van der Waals surface area contributed by atoms with E-state index >= 15 is 0 Å². The topological polar surface area (TPSA) is 115 Å². The minimum Gasteiger partial charge on any atom is -0.344 e. The van der Waals surface area contributed by atoms with Gasteiger partial charge in [0.1, 0.15) is 12.0 Å². The van der Waals surface area contributed by atoms with Crippen molar-refractivity contribution in [2.24, 2.45) is 0 Å². The maximum Gasteiger partial charge on any atom is 0.270 e. The molecule has 0 aliphatic rings. The number of aryl methyl sites for hydroxylation is 1. The van der Waals surface area contributed by atoms with Gasteiger partial charge >= 0.3 is 0 Å². The number of fused-ring (bicyclic) bond motifs is 1. The highest BCUT2D eigenvalue weighted by molar-refractivity contribution is 5.94. The molecule has 1 N–H and O–H groups in total. The van der Waals surface area contributed by atoms with E-state index in [0.29, 0.717) is 17.7 Å². The number of nitro benzene ring substituents is 1. The number of carbonyl (C=O) groups excluding carboxylic acids is 1. The van der Waals surface area contributed by atoms with E-state index in [4.69, 9.17) is 0 Å². The molecule has 0 bridgehead atoms. The maximum absolute atomic E-state index is 13.2. The molecule has 2 aromatic heterocycles. The largest absolute Gasteiger partial charge is 0.344 e. The third-order valence-electron chi connectivity index (χ3n) is 5.03.